The van der Waals surface area contributed by atoms with Gasteiger partial charge < -0.3 is 11.1 Å². The van der Waals surface area contributed by atoms with Gasteiger partial charge in [0, 0.05) is 0 Å². The summed E-state index contributed by atoms with van der Waals surface area (Å²) in [5, 5.41) is 3.44. The Morgan fingerprint density at radius 2 is 2.31 bits per heavy atom. The molecular weight excluding hydrogens is 255 g/mol. The lowest BCUT2D eigenvalue weighted by atomic mass is 10.3. The smallest absolute Gasteiger partial charge is 0.236 e. The van der Waals surface area contributed by atoms with Crippen LogP contribution in [0.25, 0.3) is 0 Å². The molecule has 0 fully saturated rings. The Morgan fingerprint density at radius 3 is 2.92 bits per heavy atom. The van der Waals surface area contributed by atoms with E-state index in [1.807, 2.05) is 0 Å². The highest BCUT2D eigenvalue weighted by Crippen LogP contribution is 2.29. The van der Waals surface area contributed by atoms with Crippen LogP contribution in [-0.4, -0.2) is 12.5 Å². The lowest BCUT2D eigenvalue weighted by molar-refractivity contribution is -0.116. The molecule has 0 heterocycles. The number of rotatable bonds is 3. The van der Waals surface area contributed by atoms with E-state index < -0.39 is 5.91 Å². The molecule has 70 valence electrons. The van der Waals surface area contributed by atoms with Gasteiger partial charge in [0.2, 0.25) is 5.91 Å². The number of hydrogen-bond donors (Lipinski definition) is 2. The summed E-state index contributed by atoms with van der Waals surface area (Å²) in [6.07, 6.45) is 0. The first-order valence-corrected chi connectivity index (χ1v) is 4.74. The molecule has 1 rings (SSSR count). The van der Waals surface area contributed by atoms with Crippen molar-refractivity contribution in [1.29, 1.82) is 0 Å². The van der Waals surface area contributed by atoms with Gasteiger partial charge in [-0.25, -0.2) is 0 Å². The SMILES string of the molecule is NC(=O)CNc1cccc(Cl)c1Br. The van der Waals surface area contributed by atoms with E-state index in [1.165, 1.54) is 0 Å². The fourth-order valence-electron chi connectivity index (χ4n) is 0.823. The minimum Gasteiger partial charge on any atom is -0.375 e. The quantitative estimate of drug-likeness (QED) is 0.876. The van der Waals surface area contributed by atoms with E-state index in [0.29, 0.717) is 5.02 Å². The first-order chi connectivity index (χ1) is 6.11. The molecule has 0 spiro atoms. The van der Waals surface area contributed by atoms with Gasteiger partial charge in [0.25, 0.3) is 0 Å². The van der Waals surface area contributed by atoms with Crippen LogP contribution in [0.3, 0.4) is 0 Å². The zero-order valence-electron chi connectivity index (χ0n) is 6.68. The number of primary amides is 1. The molecule has 0 aliphatic heterocycles. The number of hydrogen-bond acceptors (Lipinski definition) is 2. The van der Waals surface area contributed by atoms with Crippen molar-refractivity contribution in [3.63, 3.8) is 0 Å². The van der Waals surface area contributed by atoms with Crippen molar-refractivity contribution < 1.29 is 4.79 Å². The third-order valence-corrected chi connectivity index (χ3v) is 2.80. The van der Waals surface area contributed by atoms with Gasteiger partial charge in [-0.2, -0.15) is 0 Å². The standard InChI is InChI=1S/C8H8BrClN2O/c9-8-5(10)2-1-3-6(8)12-4-7(11)13/h1-3,12H,4H2,(H2,11,13). The van der Waals surface area contributed by atoms with Crippen LogP contribution in [0.15, 0.2) is 22.7 Å². The number of benzene rings is 1. The Balaban J connectivity index is 2.77. The Bertz CT molecular complexity index is 330. The van der Waals surface area contributed by atoms with E-state index in [1.54, 1.807) is 18.2 Å². The first kappa shape index (κ1) is 10.3. The van der Waals surface area contributed by atoms with E-state index in [0.717, 1.165) is 10.2 Å². The fraction of sp³-hybridized carbons (Fsp3) is 0.125. The topological polar surface area (TPSA) is 55.1 Å². The van der Waals surface area contributed by atoms with Gasteiger partial charge in [-0.1, -0.05) is 17.7 Å². The molecule has 3 N–H and O–H groups in total. The third-order valence-electron chi connectivity index (χ3n) is 1.40. The lowest BCUT2D eigenvalue weighted by Crippen LogP contribution is -2.21. The van der Waals surface area contributed by atoms with Crippen LogP contribution >= 0.6 is 27.5 Å². The van der Waals surface area contributed by atoms with Crippen LogP contribution in [0.1, 0.15) is 0 Å². The molecule has 0 saturated heterocycles. The number of carbonyl (C=O) groups excluding carboxylic acids is 1. The summed E-state index contributed by atoms with van der Waals surface area (Å²) in [4.78, 5) is 10.5. The molecule has 1 aromatic carbocycles. The second-order valence-electron chi connectivity index (χ2n) is 2.42. The van der Waals surface area contributed by atoms with E-state index in [9.17, 15) is 4.79 Å². The highest BCUT2D eigenvalue weighted by atomic mass is 79.9. The van der Waals surface area contributed by atoms with Gasteiger partial charge in [-0.3, -0.25) is 4.79 Å². The van der Waals surface area contributed by atoms with Crippen molar-refractivity contribution >= 4 is 39.1 Å². The summed E-state index contributed by atoms with van der Waals surface area (Å²) in [5.41, 5.74) is 5.73. The van der Waals surface area contributed by atoms with Crippen molar-refractivity contribution in [2.24, 2.45) is 5.73 Å². The highest BCUT2D eigenvalue weighted by Gasteiger charge is 2.03. The van der Waals surface area contributed by atoms with Crippen molar-refractivity contribution in [2.45, 2.75) is 0 Å². The van der Waals surface area contributed by atoms with E-state index in [4.69, 9.17) is 17.3 Å². The molecule has 0 bridgehead atoms. The predicted octanol–water partition coefficient (Wildman–Crippen LogP) is 2.00. The van der Waals surface area contributed by atoms with E-state index in [-0.39, 0.29) is 6.54 Å². The number of anilines is 1. The van der Waals surface area contributed by atoms with Crippen LogP contribution in [-0.2, 0) is 4.79 Å². The van der Waals surface area contributed by atoms with Crippen molar-refractivity contribution in [2.75, 3.05) is 11.9 Å². The molecule has 1 aromatic rings. The number of amides is 1. The highest BCUT2D eigenvalue weighted by molar-refractivity contribution is 9.10. The lowest BCUT2D eigenvalue weighted by Gasteiger charge is -2.06. The summed E-state index contributed by atoms with van der Waals surface area (Å²) >= 11 is 9.11. The van der Waals surface area contributed by atoms with Crippen LogP contribution in [0.4, 0.5) is 5.69 Å². The van der Waals surface area contributed by atoms with Crippen molar-refractivity contribution in [1.82, 2.24) is 0 Å². The van der Waals surface area contributed by atoms with Gasteiger partial charge in [0.05, 0.1) is 21.7 Å². The zero-order valence-corrected chi connectivity index (χ0v) is 9.02. The molecule has 3 nitrogen and oxygen atoms in total. The average molecular weight is 264 g/mol. The molecule has 1 amide bonds. The zero-order chi connectivity index (χ0) is 9.84. The van der Waals surface area contributed by atoms with E-state index in [2.05, 4.69) is 21.2 Å². The molecule has 5 heteroatoms. The van der Waals surface area contributed by atoms with Gasteiger partial charge in [-0.05, 0) is 28.1 Å². The summed E-state index contributed by atoms with van der Waals surface area (Å²) in [7, 11) is 0. The maximum Gasteiger partial charge on any atom is 0.236 e. The minimum atomic E-state index is -0.410. The second kappa shape index (κ2) is 4.48. The number of nitrogens with one attached hydrogen (secondary N) is 1. The Morgan fingerprint density at radius 1 is 1.62 bits per heavy atom. The number of halogens is 2. The van der Waals surface area contributed by atoms with E-state index >= 15 is 0 Å². The Labute approximate surface area is 89.4 Å². The third kappa shape index (κ3) is 2.90. The van der Waals surface area contributed by atoms with Crippen LogP contribution in [0.2, 0.25) is 5.02 Å². The molecule has 0 radical (unpaired) electrons. The molecule has 13 heavy (non-hydrogen) atoms. The summed E-state index contributed by atoms with van der Waals surface area (Å²) in [6.45, 7) is 0.0962. The largest absolute Gasteiger partial charge is 0.375 e. The molecule has 0 atom stereocenters. The molecule has 0 aliphatic carbocycles. The molecule has 0 saturated carbocycles. The Hall–Kier alpha value is -0.740. The average Bonchev–Trinajstić information content (AvgIpc) is 2.07. The maximum absolute atomic E-state index is 10.5. The fourth-order valence-corrected chi connectivity index (χ4v) is 1.40. The van der Waals surface area contributed by atoms with Gasteiger partial charge in [-0.15, -0.1) is 0 Å². The maximum atomic E-state index is 10.5. The van der Waals surface area contributed by atoms with Gasteiger partial charge in [0.15, 0.2) is 0 Å². The second-order valence-corrected chi connectivity index (χ2v) is 3.62. The normalized spacial score (nSPS) is 9.69. The van der Waals surface area contributed by atoms with Crippen molar-refractivity contribution in [3.05, 3.63) is 27.7 Å². The number of carbonyl (C=O) groups is 1. The summed E-state index contributed by atoms with van der Waals surface area (Å²) in [6, 6.07) is 5.34. The van der Waals surface area contributed by atoms with Crippen LogP contribution < -0.4 is 11.1 Å². The predicted molar refractivity (Wildman–Crippen MR) is 56.8 cm³/mol. The minimum absolute atomic E-state index is 0.0962. The van der Waals surface area contributed by atoms with Gasteiger partial charge >= 0.3 is 0 Å². The molecule has 0 aromatic heterocycles. The van der Waals surface area contributed by atoms with Crippen LogP contribution in [0.5, 0.6) is 0 Å². The number of nitrogens with two attached hydrogens (primary N) is 1. The van der Waals surface area contributed by atoms with Crippen molar-refractivity contribution in [3.8, 4) is 0 Å². The molecule has 0 unspecified atom stereocenters. The molecular formula is C8H8BrClN2O. The Kier molecular flexibility index (Phi) is 3.57. The van der Waals surface area contributed by atoms with Crippen LogP contribution in [0, 0.1) is 0 Å². The summed E-state index contributed by atoms with van der Waals surface area (Å²) < 4.78 is 0.734. The first-order valence-electron chi connectivity index (χ1n) is 3.57. The molecule has 0 aliphatic rings. The monoisotopic (exact) mass is 262 g/mol. The van der Waals surface area contributed by atoms with Gasteiger partial charge in [0.1, 0.15) is 0 Å². The summed E-state index contributed by atoms with van der Waals surface area (Å²) in [5.74, 6) is -0.410.